The summed E-state index contributed by atoms with van der Waals surface area (Å²) in [6.45, 7) is 3.56. The maximum atomic E-state index is 12.8. The van der Waals surface area contributed by atoms with Crippen molar-refractivity contribution < 1.29 is 8.42 Å². The lowest BCUT2D eigenvalue weighted by atomic mass is 9.89. The van der Waals surface area contributed by atoms with Gasteiger partial charge in [-0.15, -0.1) is 0 Å². The van der Waals surface area contributed by atoms with Crippen LogP contribution in [0.5, 0.6) is 0 Å². The van der Waals surface area contributed by atoms with E-state index in [2.05, 4.69) is 57.2 Å². The minimum atomic E-state index is -3.49. The van der Waals surface area contributed by atoms with Gasteiger partial charge in [-0.2, -0.15) is 0 Å². The van der Waals surface area contributed by atoms with Crippen LogP contribution in [-0.2, 0) is 29.4 Å². The second-order valence-electron chi connectivity index (χ2n) is 11.3. The Morgan fingerprint density at radius 1 is 1.00 bits per heavy atom. The summed E-state index contributed by atoms with van der Waals surface area (Å²) in [7, 11) is -1.24. The van der Waals surface area contributed by atoms with Crippen LogP contribution in [0, 0.1) is 0 Å². The number of likely N-dealkylation sites (N-methyl/N-ethyl adjacent to an activating group) is 1. The van der Waals surface area contributed by atoms with E-state index in [1.54, 1.807) is 24.3 Å². The fourth-order valence-electron chi connectivity index (χ4n) is 6.63. The highest BCUT2D eigenvalue weighted by atomic mass is 32.2. The van der Waals surface area contributed by atoms with Gasteiger partial charge in [-0.1, -0.05) is 36.4 Å². The van der Waals surface area contributed by atoms with Gasteiger partial charge < -0.3 is 10.2 Å². The van der Waals surface area contributed by atoms with Crippen LogP contribution in [0.15, 0.2) is 71.8 Å². The van der Waals surface area contributed by atoms with Gasteiger partial charge in [0, 0.05) is 50.1 Å². The molecule has 3 aromatic rings. The van der Waals surface area contributed by atoms with E-state index in [-0.39, 0.29) is 6.04 Å². The van der Waals surface area contributed by atoms with Gasteiger partial charge in [0.05, 0.1) is 16.6 Å². The number of hydrogen-bond acceptors (Lipinski definition) is 6. The second-order valence-corrected chi connectivity index (χ2v) is 13.0. The Hall–Kier alpha value is -2.78. The molecule has 1 aliphatic carbocycles. The fraction of sp³-hybridized carbons (Fsp3) is 0.452. The molecule has 39 heavy (non-hydrogen) atoms. The van der Waals surface area contributed by atoms with Gasteiger partial charge in [0.1, 0.15) is 0 Å². The summed E-state index contributed by atoms with van der Waals surface area (Å²) < 4.78 is 28.6. The Morgan fingerprint density at radius 3 is 2.62 bits per heavy atom. The number of anilines is 1. The molecule has 1 saturated heterocycles. The first kappa shape index (κ1) is 26.4. The molecule has 1 aromatic heterocycles. The summed E-state index contributed by atoms with van der Waals surface area (Å²) >= 11 is 0. The third kappa shape index (κ3) is 5.75. The van der Waals surface area contributed by atoms with Crippen molar-refractivity contribution in [1.29, 1.82) is 0 Å². The number of sulfonamides is 1. The first-order valence-electron chi connectivity index (χ1n) is 14.3. The number of nitrogens with one attached hydrogen (secondary N) is 2. The number of aromatic nitrogens is 1. The average Bonchev–Trinajstić information content (AvgIpc) is 2.97. The largest absolute Gasteiger partial charge is 0.371 e. The summed E-state index contributed by atoms with van der Waals surface area (Å²) in [6, 6.07) is 20.3. The molecule has 2 aliphatic heterocycles. The number of fused-ring (bicyclic) bond motifs is 2. The van der Waals surface area contributed by atoms with Crippen LogP contribution < -0.4 is 14.9 Å². The first-order valence-corrected chi connectivity index (χ1v) is 15.8. The van der Waals surface area contributed by atoms with Crippen molar-refractivity contribution >= 4 is 15.7 Å². The van der Waals surface area contributed by atoms with E-state index in [0.29, 0.717) is 17.0 Å². The van der Waals surface area contributed by atoms with Crippen molar-refractivity contribution in [3.05, 3.63) is 89.2 Å². The second kappa shape index (κ2) is 11.4. The van der Waals surface area contributed by atoms with Crippen molar-refractivity contribution in [3.8, 4) is 0 Å². The van der Waals surface area contributed by atoms with Crippen LogP contribution in [0.4, 0.5) is 5.69 Å². The Bertz CT molecular complexity index is 1390. The van der Waals surface area contributed by atoms with Gasteiger partial charge in [0.25, 0.3) is 0 Å². The Balaban J connectivity index is 1.10. The van der Waals surface area contributed by atoms with Crippen LogP contribution in [0.2, 0.25) is 0 Å². The number of aryl methyl sites for hydroxylation is 1. The highest BCUT2D eigenvalue weighted by Gasteiger charge is 2.30. The van der Waals surface area contributed by atoms with Crippen LogP contribution in [0.1, 0.15) is 54.1 Å². The number of rotatable bonds is 7. The molecule has 2 aromatic carbocycles. The molecule has 0 radical (unpaired) electrons. The number of benzene rings is 2. The van der Waals surface area contributed by atoms with Crippen molar-refractivity contribution in [3.63, 3.8) is 0 Å². The molecule has 2 N–H and O–H groups in total. The van der Waals surface area contributed by atoms with Gasteiger partial charge in [0.15, 0.2) is 0 Å². The lowest BCUT2D eigenvalue weighted by molar-refractivity contribution is 0.191. The average molecular weight is 546 g/mol. The monoisotopic (exact) mass is 545 g/mol. The predicted octanol–water partition coefficient (Wildman–Crippen LogP) is 4.05. The standard InChI is InChI=1S/C31H39N5O2S/c1-35(30-14-5-8-23-10-7-17-32-31(23)30)22-26-20-28-24(21-33-26)9-6-13-29(28)36-18-15-25(16-19-36)34-39(37,38)27-11-3-2-4-12-27/h2-4,6-7,9-13,17,25-26,30,33-34H,5,8,14-16,18-22H2,1H3/t26-,30-/m0/s1. The zero-order valence-corrected chi connectivity index (χ0v) is 23.5. The quantitative estimate of drug-likeness (QED) is 0.467. The predicted molar refractivity (Wildman–Crippen MR) is 155 cm³/mol. The zero-order valence-electron chi connectivity index (χ0n) is 22.7. The number of pyridine rings is 1. The molecule has 0 saturated carbocycles. The van der Waals surface area contributed by atoms with Gasteiger partial charge in [-0.05, 0) is 86.5 Å². The van der Waals surface area contributed by atoms with Gasteiger partial charge in [-0.3, -0.25) is 9.88 Å². The molecular formula is C31H39N5O2S. The van der Waals surface area contributed by atoms with Crippen molar-refractivity contribution in [2.45, 2.75) is 68.1 Å². The van der Waals surface area contributed by atoms with E-state index >= 15 is 0 Å². The molecule has 3 heterocycles. The third-order valence-electron chi connectivity index (χ3n) is 8.70. The Morgan fingerprint density at radius 2 is 1.79 bits per heavy atom. The van der Waals surface area contributed by atoms with E-state index in [1.165, 1.54) is 34.5 Å². The molecule has 2 atom stereocenters. The summed E-state index contributed by atoms with van der Waals surface area (Å²) in [6.07, 6.45) is 8.05. The highest BCUT2D eigenvalue weighted by Crippen LogP contribution is 2.34. The highest BCUT2D eigenvalue weighted by molar-refractivity contribution is 7.89. The van der Waals surface area contributed by atoms with Crippen LogP contribution in [0.3, 0.4) is 0 Å². The van der Waals surface area contributed by atoms with Crippen molar-refractivity contribution in [1.82, 2.24) is 19.9 Å². The van der Waals surface area contributed by atoms with E-state index < -0.39 is 10.0 Å². The minimum absolute atomic E-state index is 0.0407. The Kier molecular flexibility index (Phi) is 7.71. The molecular weight excluding hydrogens is 506 g/mol. The lowest BCUT2D eigenvalue weighted by Crippen LogP contribution is -2.47. The SMILES string of the molecule is CN(C[C@@H]1Cc2c(cccc2N2CCC(NS(=O)(=O)c3ccccc3)CC2)CN1)[C@H]1CCCc2cccnc21. The summed E-state index contributed by atoms with van der Waals surface area (Å²) in [5, 5.41) is 3.79. The summed E-state index contributed by atoms with van der Waals surface area (Å²) in [5.41, 5.74) is 6.80. The summed E-state index contributed by atoms with van der Waals surface area (Å²) in [5.74, 6) is 0. The van der Waals surface area contributed by atoms with Gasteiger partial charge >= 0.3 is 0 Å². The maximum Gasteiger partial charge on any atom is 0.240 e. The van der Waals surface area contributed by atoms with Crippen LogP contribution in [0.25, 0.3) is 0 Å². The first-order chi connectivity index (χ1) is 19.0. The third-order valence-corrected chi connectivity index (χ3v) is 10.2. The van der Waals surface area contributed by atoms with E-state index in [4.69, 9.17) is 4.98 Å². The van der Waals surface area contributed by atoms with Crippen LogP contribution in [-0.4, -0.2) is 57.1 Å². The fourth-order valence-corrected chi connectivity index (χ4v) is 7.96. The number of nitrogens with zero attached hydrogens (tertiary/aromatic N) is 3. The minimum Gasteiger partial charge on any atom is -0.371 e. The normalized spacial score (nSPS) is 21.9. The molecule has 0 amide bonds. The topological polar surface area (TPSA) is 77.6 Å². The number of hydrogen-bond donors (Lipinski definition) is 2. The molecule has 1 fully saturated rings. The molecule has 0 spiro atoms. The maximum absolute atomic E-state index is 12.8. The van der Waals surface area contributed by atoms with Crippen LogP contribution >= 0.6 is 0 Å². The Labute approximate surface area is 232 Å². The lowest BCUT2D eigenvalue weighted by Gasteiger charge is -2.39. The molecule has 7 nitrogen and oxygen atoms in total. The zero-order chi connectivity index (χ0) is 26.8. The molecule has 6 rings (SSSR count). The van der Waals surface area contributed by atoms with E-state index in [1.807, 2.05) is 12.3 Å². The number of piperidine rings is 1. The van der Waals surface area contributed by atoms with Gasteiger partial charge in [-0.25, -0.2) is 13.1 Å². The van der Waals surface area contributed by atoms with E-state index in [0.717, 1.165) is 58.3 Å². The smallest absolute Gasteiger partial charge is 0.240 e. The molecule has 3 aliphatic rings. The van der Waals surface area contributed by atoms with E-state index in [9.17, 15) is 8.42 Å². The molecule has 0 bridgehead atoms. The van der Waals surface area contributed by atoms with Crippen molar-refractivity contribution in [2.24, 2.45) is 0 Å². The van der Waals surface area contributed by atoms with Crippen molar-refractivity contribution in [2.75, 3.05) is 31.6 Å². The molecule has 8 heteroatoms. The van der Waals surface area contributed by atoms with Gasteiger partial charge in [0.2, 0.25) is 10.0 Å². The molecule has 0 unspecified atom stereocenters. The molecule has 206 valence electrons. The summed E-state index contributed by atoms with van der Waals surface area (Å²) in [4.78, 5) is 10.1.